The molecule has 49 heavy (non-hydrogen) atoms. The maximum absolute atomic E-state index is 12.9. The Kier molecular flexibility index (Phi) is 29.7. The summed E-state index contributed by atoms with van der Waals surface area (Å²) in [6.07, 6.45) is 26.7. The lowest BCUT2D eigenvalue weighted by Crippen LogP contribution is -2.60. The smallest absolute Gasteiger partial charge is 0.220 e. The summed E-state index contributed by atoms with van der Waals surface area (Å²) in [5.74, 6) is -0.178. The Bertz CT molecular complexity index is 781. The standard InChI is InChI=1S/C40H77NO8/c1-3-5-7-9-11-13-15-17-19-21-23-25-27-29-34(43)33(32-48-40-39(47)38(46)37(45)35(31-42)49-40)41-36(44)30-28-26-24-22-20-18-16-14-12-10-8-6-4-2/h27,29,33-35,37-40,42-43,45-47H,3-26,28,30-32H2,1-2H3,(H,41,44)/t33-,34+,35+,37+,38-,39+,40+/m0/s1. The summed E-state index contributed by atoms with van der Waals surface area (Å²) in [6, 6.07) is -0.796. The van der Waals surface area contributed by atoms with E-state index in [1.165, 1.54) is 122 Å². The third-order valence-electron chi connectivity index (χ3n) is 9.86. The maximum atomic E-state index is 12.9. The van der Waals surface area contributed by atoms with Gasteiger partial charge in [-0.15, -0.1) is 0 Å². The Morgan fingerprint density at radius 1 is 0.673 bits per heavy atom. The van der Waals surface area contributed by atoms with Gasteiger partial charge in [-0.2, -0.15) is 0 Å². The first-order chi connectivity index (χ1) is 23.8. The van der Waals surface area contributed by atoms with Crippen molar-refractivity contribution < 1.29 is 39.8 Å². The van der Waals surface area contributed by atoms with Gasteiger partial charge in [-0.1, -0.05) is 167 Å². The van der Waals surface area contributed by atoms with Crippen molar-refractivity contribution in [1.29, 1.82) is 0 Å². The van der Waals surface area contributed by atoms with Gasteiger partial charge >= 0.3 is 0 Å². The molecule has 7 atom stereocenters. The van der Waals surface area contributed by atoms with Crippen molar-refractivity contribution in [3.63, 3.8) is 0 Å². The van der Waals surface area contributed by atoms with Crippen LogP contribution in [-0.4, -0.2) is 87.5 Å². The number of amides is 1. The highest BCUT2D eigenvalue weighted by Crippen LogP contribution is 2.22. The molecule has 0 spiro atoms. The van der Waals surface area contributed by atoms with Crippen molar-refractivity contribution in [2.24, 2.45) is 0 Å². The third kappa shape index (κ3) is 23.2. The van der Waals surface area contributed by atoms with Crippen LogP contribution in [0, 0.1) is 0 Å². The van der Waals surface area contributed by atoms with Gasteiger partial charge in [-0.25, -0.2) is 0 Å². The number of aliphatic hydroxyl groups is 5. The number of hydrogen-bond donors (Lipinski definition) is 6. The van der Waals surface area contributed by atoms with E-state index in [0.717, 1.165) is 38.5 Å². The molecule has 1 heterocycles. The van der Waals surface area contributed by atoms with Crippen LogP contribution in [-0.2, 0) is 14.3 Å². The molecule has 1 saturated heterocycles. The molecule has 0 unspecified atom stereocenters. The van der Waals surface area contributed by atoms with Gasteiger partial charge in [0, 0.05) is 6.42 Å². The van der Waals surface area contributed by atoms with E-state index in [0.29, 0.717) is 6.42 Å². The summed E-state index contributed by atoms with van der Waals surface area (Å²) in [5, 5.41) is 53.9. The fourth-order valence-corrected chi connectivity index (χ4v) is 6.51. The lowest BCUT2D eigenvalue weighted by Gasteiger charge is -2.40. The van der Waals surface area contributed by atoms with Gasteiger partial charge in [0.2, 0.25) is 5.91 Å². The molecule has 1 aliphatic rings. The average Bonchev–Trinajstić information content (AvgIpc) is 3.10. The first-order valence-electron chi connectivity index (χ1n) is 20.4. The number of ether oxygens (including phenoxy) is 2. The number of carbonyl (C=O) groups excluding carboxylic acids is 1. The molecule has 9 heteroatoms. The van der Waals surface area contributed by atoms with Crippen molar-refractivity contribution >= 4 is 5.91 Å². The van der Waals surface area contributed by atoms with Gasteiger partial charge in [0.25, 0.3) is 0 Å². The van der Waals surface area contributed by atoms with E-state index in [2.05, 4.69) is 19.2 Å². The highest BCUT2D eigenvalue weighted by Gasteiger charge is 2.44. The van der Waals surface area contributed by atoms with Crippen LogP contribution in [0.15, 0.2) is 12.2 Å². The van der Waals surface area contributed by atoms with E-state index in [1.807, 2.05) is 6.08 Å². The molecule has 0 saturated carbocycles. The van der Waals surface area contributed by atoms with E-state index in [-0.39, 0.29) is 12.5 Å². The van der Waals surface area contributed by atoms with E-state index in [1.54, 1.807) is 6.08 Å². The molecule has 290 valence electrons. The minimum absolute atomic E-state index is 0.178. The summed E-state index contributed by atoms with van der Waals surface area (Å²) in [5.41, 5.74) is 0. The molecule has 1 amide bonds. The average molecular weight is 700 g/mol. The second-order valence-electron chi connectivity index (χ2n) is 14.4. The molecule has 0 aromatic rings. The summed E-state index contributed by atoms with van der Waals surface area (Å²) in [7, 11) is 0. The van der Waals surface area contributed by atoms with Gasteiger partial charge in [0.15, 0.2) is 6.29 Å². The summed E-state index contributed by atoms with van der Waals surface area (Å²) in [6.45, 7) is 3.75. The van der Waals surface area contributed by atoms with Crippen LogP contribution in [0.5, 0.6) is 0 Å². The SMILES string of the molecule is CCCCCCCCCCCCCC=C[C@@H](O)[C@H](CO[C@@H]1O[C@H](CO)[C@@H](O)[C@H](O)[C@H]1O)NC(=O)CCCCCCCCCCCCCCC. The molecule has 0 radical (unpaired) electrons. The van der Waals surface area contributed by atoms with Crippen molar-refractivity contribution in [3.05, 3.63) is 12.2 Å². The third-order valence-corrected chi connectivity index (χ3v) is 9.86. The number of rotatable bonds is 33. The molecule has 6 N–H and O–H groups in total. The fraction of sp³-hybridized carbons (Fsp3) is 0.925. The van der Waals surface area contributed by atoms with E-state index in [4.69, 9.17) is 9.47 Å². The monoisotopic (exact) mass is 700 g/mol. The molecule has 1 aliphatic heterocycles. The molecule has 0 aromatic carbocycles. The van der Waals surface area contributed by atoms with Crippen LogP contribution in [0.25, 0.3) is 0 Å². The van der Waals surface area contributed by atoms with Crippen LogP contribution < -0.4 is 5.32 Å². The molecule has 1 rings (SSSR count). The van der Waals surface area contributed by atoms with Gasteiger partial charge < -0.3 is 40.3 Å². The Balaban J connectivity index is 2.43. The zero-order valence-electron chi connectivity index (χ0n) is 31.5. The van der Waals surface area contributed by atoms with Gasteiger partial charge in [0.05, 0.1) is 25.4 Å². The van der Waals surface area contributed by atoms with Crippen LogP contribution >= 0.6 is 0 Å². The molecule has 0 bridgehead atoms. The van der Waals surface area contributed by atoms with Crippen LogP contribution in [0.3, 0.4) is 0 Å². The van der Waals surface area contributed by atoms with E-state index in [9.17, 15) is 30.3 Å². The number of carbonyl (C=O) groups is 1. The lowest BCUT2D eigenvalue weighted by atomic mass is 9.99. The quantitative estimate of drug-likeness (QED) is 0.0307. The lowest BCUT2D eigenvalue weighted by molar-refractivity contribution is -0.302. The van der Waals surface area contributed by atoms with Crippen LogP contribution in [0.1, 0.15) is 181 Å². The molecule has 1 fully saturated rings. The normalized spacial score (nSPS) is 22.5. The largest absolute Gasteiger partial charge is 0.394 e. The number of hydrogen-bond acceptors (Lipinski definition) is 8. The minimum atomic E-state index is -1.56. The van der Waals surface area contributed by atoms with Crippen LogP contribution in [0.4, 0.5) is 0 Å². The molecule has 0 aliphatic carbocycles. The van der Waals surface area contributed by atoms with Crippen molar-refractivity contribution in [3.8, 4) is 0 Å². The zero-order chi connectivity index (χ0) is 36.0. The van der Waals surface area contributed by atoms with Gasteiger partial charge in [-0.3, -0.25) is 4.79 Å². The predicted molar refractivity (Wildman–Crippen MR) is 198 cm³/mol. The van der Waals surface area contributed by atoms with Gasteiger partial charge in [0.1, 0.15) is 24.4 Å². The first-order valence-corrected chi connectivity index (χ1v) is 20.4. The summed E-state index contributed by atoms with van der Waals surface area (Å²) < 4.78 is 11.2. The zero-order valence-corrected chi connectivity index (χ0v) is 31.5. The molecular formula is C40H77NO8. The Hall–Kier alpha value is -1.07. The highest BCUT2D eigenvalue weighted by molar-refractivity contribution is 5.76. The Morgan fingerprint density at radius 3 is 1.59 bits per heavy atom. The second-order valence-corrected chi connectivity index (χ2v) is 14.4. The number of nitrogens with one attached hydrogen (secondary N) is 1. The Morgan fingerprint density at radius 2 is 1.12 bits per heavy atom. The molecule has 0 aromatic heterocycles. The van der Waals surface area contributed by atoms with Crippen LogP contribution in [0.2, 0.25) is 0 Å². The predicted octanol–water partition coefficient (Wildman–Crippen LogP) is 7.39. The maximum Gasteiger partial charge on any atom is 0.220 e. The second kappa shape index (κ2) is 31.6. The van der Waals surface area contributed by atoms with E-state index < -0.39 is 49.5 Å². The topological polar surface area (TPSA) is 149 Å². The number of allylic oxidation sites excluding steroid dienone is 1. The molecule has 9 nitrogen and oxygen atoms in total. The highest BCUT2D eigenvalue weighted by atomic mass is 16.7. The molecular weight excluding hydrogens is 622 g/mol. The van der Waals surface area contributed by atoms with Gasteiger partial charge in [-0.05, 0) is 19.3 Å². The fourth-order valence-electron chi connectivity index (χ4n) is 6.51. The van der Waals surface area contributed by atoms with Crippen molar-refractivity contribution in [2.75, 3.05) is 13.2 Å². The Labute approximate surface area is 299 Å². The number of aliphatic hydroxyl groups excluding tert-OH is 5. The summed E-state index contributed by atoms with van der Waals surface area (Å²) >= 11 is 0. The summed E-state index contributed by atoms with van der Waals surface area (Å²) in [4.78, 5) is 12.9. The minimum Gasteiger partial charge on any atom is -0.394 e. The van der Waals surface area contributed by atoms with Crippen molar-refractivity contribution in [1.82, 2.24) is 5.32 Å². The number of unbranched alkanes of at least 4 members (excludes halogenated alkanes) is 23. The van der Waals surface area contributed by atoms with E-state index >= 15 is 0 Å². The first kappa shape index (κ1) is 46.0. The van der Waals surface area contributed by atoms with Crippen molar-refractivity contribution in [2.45, 2.75) is 224 Å².